The lowest BCUT2D eigenvalue weighted by Crippen LogP contribution is -2.47. The number of hydrogen-bond donors (Lipinski definition) is 0. The molecule has 0 spiro atoms. The largest absolute Gasteiger partial charge is 0.494 e. The van der Waals surface area contributed by atoms with Gasteiger partial charge in [-0.1, -0.05) is 20.8 Å². The van der Waals surface area contributed by atoms with E-state index >= 15 is 0 Å². The Morgan fingerprint density at radius 2 is 1.78 bits per heavy atom. The highest BCUT2D eigenvalue weighted by Crippen LogP contribution is 2.48. The van der Waals surface area contributed by atoms with Gasteiger partial charge in [-0.15, -0.1) is 11.3 Å². The standard InChI is InChI=1S/C34H46N2O7SSi/c1-11-41-31(38)24-17-36(20-12-13-20)28-22(29(24)37)15-14-21(30(28)40-8)26-16-23-25(43-45(9,10)34(5,6)7)18-35(19-27(23)44-26)32(39)42-33(2,3)4/h14-17,20,25H,11-13,18-19H2,1-10H3. The van der Waals surface area contributed by atoms with Crippen molar-refractivity contribution < 1.29 is 28.2 Å². The molecule has 1 aliphatic heterocycles. The average Bonchev–Trinajstić information content (AvgIpc) is 3.68. The van der Waals surface area contributed by atoms with Crippen LogP contribution in [-0.2, 0) is 20.4 Å². The highest BCUT2D eigenvalue weighted by Gasteiger charge is 2.43. The van der Waals surface area contributed by atoms with Crippen LogP contribution in [0.2, 0.25) is 18.1 Å². The Morgan fingerprint density at radius 3 is 2.36 bits per heavy atom. The second-order valence-corrected chi connectivity index (χ2v) is 20.4. The molecular weight excluding hydrogens is 609 g/mol. The van der Waals surface area contributed by atoms with Crippen LogP contribution < -0.4 is 10.2 Å². The van der Waals surface area contributed by atoms with E-state index in [4.69, 9.17) is 18.6 Å². The molecule has 1 aliphatic carbocycles. The summed E-state index contributed by atoms with van der Waals surface area (Å²) in [6.45, 7) is 19.4. The lowest BCUT2D eigenvalue weighted by molar-refractivity contribution is 0.0103. The van der Waals surface area contributed by atoms with Crippen molar-refractivity contribution in [2.24, 2.45) is 0 Å². The molecular formula is C34H46N2O7SSi. The summed E-state index contributed by atoms with van der Waals surface area (Å²) in [5, 5.41) is 0.404. The van der Waals surface area contributed by atoms with Crippen molar-refractivity contribution in [3.05, 3.63) is 50.6 Å². The zero-order chi connectivity index (χ0) is 33.1. The maximum Gasteiger partial charge on any atom is 0.410 e. The third kappa shape index (κ3) is 6.57. The maximum absolute atomic E-state index is 13.5. The van der Waals surface area contributed by atoms with Gasteiger partial charge in [0, 0.05) is 27.6 Å². The van der Waals surface area contributed by atoms with Gasteiger partial charge in [0.2, 0.25) is 5.43 Å². The second kappa shape index (κ2) is 11.9. The first-order chi connectivity index (χ1) is 21.0. The SMILES string of the molecule is CCOC(=O)c1cn(C2CC2)c2c(OC)c(-c3cc4c(s3)CN(C(=O)OC(C)(C)C)CC4O[Si](C)(C)C(C)(C)C)ccc2c1=O. The molecule has 1 fully saturated rings. The fourth-order valence-corrected chi connectivity index (χ4v) is 7.94. The van der Waals surface area contributed by atoms with Crippen LogP contribution in [0.25, 0.3) is 21.3 Å². The summed E-state index contributed by atoms with van der Waals surface area (Å²) in [5.41, 5.74) is 1.64. The monoisotopic (exact) mass is 654 g/mol. The summed E-state index contributed by atoms with van der Waals surface area (Å²) in [5.74, 6) is -0.0357. The van der Waals surface area contributed by atoms with Gasteiger partial charge in [-0.2, -0.15) is 0 Å². The van der Waals surface area contributed by atoms with Gasteiger partial charge in [-0.25, -0.2) is 9.59 Å². The first-order valence-corrected chi connectivity index (χ1v) is 19.4. The summed E-state index contributed by atoms with van der Waals surface area (Å²) in [4.78, 5) is 43.3. The Hall–Kier alpha value is -3.15. The van der Waals surface area contributed by atoms with Crippen LogP contribution in [0.3, 0.4) is 0 Å². The smallest absolute Gasteiger partial charge is 0.410 e. The number of pyridine rings is 1. The van der Waals surface area contributed by atoms with Crippen molar-refractivity contribution >= 4 is 42.6 Å². The minimum atomic E-state index is -2.21. The van der Waals surface area contributed by atoms with Crippen molar-refractivity contribution in [1.29, 1.82) is 0 Å². The van der Waals surface area contributed by atoms with Crippen LogP contribution in [0.15, 0.2) is 29.2 Å². The molecule has 1 atom stereocenters. The van der Waals surface area contributed by atoms with Gasteiger partial charge in [0.25, 0.3) is 0 Å². The van der Waals surface area contributed by atoms with Crippen LogP contribution in [0.1, 0.15) is 94.3 Å². The van der Waals surface area contributed by atoms with Crippen molar-refractivity contribution in [3.63, 3.8) is 0 Å². The van der Waals surface area contributed by atoms with Crippen LogP contribution in [0.5, 0.6) is 5.75 Å². The molecule has 0 bridgehead atoms. The molecule has 2 aliphatic rings. The number of nitrogens with zero attached hydrogens (tertiary/aromatic N) is 2. The van der Waals surface area contributed by atoms with Crippen LogP contribution in [-0.4, -0.2) is 55.7 Å². The third-order valence-electron chi connectivity index (χ3n) is 8.86. The predicted molar refractivity (Wildman–Crippen MR) is 180 cm³/mol. The molecule has 244 valence electrons. The van der Waals surface area contributed by atoms with E-state index in [1.165, 1.54) is 0 Å². The lowest BCUT2D eigenvalue weighted by atomic mass is 10.0. The van der Waals surface area contributed by atoms with E-state index in [0.29, 0.717) is 29.7 Å². The Labute approximate surface area is 270 Å². The van der Waals surface area contributed by atoms with Crippen molar-refractivity contribution in [1.82, 2.24) is 9.47 Å². The normalized spacial score (nSPS) is 17.3. The molecule has 1 saturated carbocycles. The average molecular weight is 655 g/mol. The van der Waals surface area contributed by atoms with Gasteiger partial charge in [0.15, 0.2) is 14.1 Å². The number of benzene rings is 1. The lowest BCUT2D eigenvalue weighted by Gasteiger charge is -2.42. The number of rotatable bonds is 7. The number of amides is 1. The van der Waals surface area contributed by atoms with Crippen molar-refractivity contribution in [2.45, 2.75) is 104 Å². The van der Waals surface area contributed by atoms with E-state index in [1.807, 2.05) is 31.4 Å². The number of carbonyl (C=O) groups excluding carboxylic acids is 2. The Balaban J connectivity index is 1.64. The number of aromatic nitrogens is 1. The van der Waals surface area contributed by atoms with E-state index in [2.05, 4.69) is 39.9 Å². The van der Waals surface area contributed by atoms with Crippen LogP contribution in [0.4, 0.5) is 4.79 Å². The number of hydrogen-bond acceptors (Lipinski definition) is 8. The molecule has 1 aromatic carbocycles. The fraction of sp³-hybridized carbons (Fsp3) is 0.559. The second-order valence-electron chi connectivity index (χ2n) is 14.5. The number of methoxy groups -OCH3 is 1. The van der Waals surface area contributed by atoms with Gasteiger partial charge in [-0.3, -0.25) is 4.79 Å². The predicted octanol–water partition coefficient (Wildman–Crippen LogP) is 8.06. The van der Waals surface area contributed by atoms with Crippen LogP contribution in [0, 0.1) is 0 Å². The topological polar surface area (TPSA) is 96.3 Å². The van der Waals surface area contributed by atoms with Gasteiger partial charge in [0.1, 0.15) is 11.2 Å². The maximum atomic E-state index is 13.5. The molecule has 5 rings (SSSR count). The quantitative estimate of drug-likeness (QED) is 0.188. The zero-order valence-electron chi connectivity index (χ0n) is 28.2. The zero-order valence-corrected chi connectivity index (χ0v) is 30.0. The summed E-state index contributed by atoms with van der Waals surface area (Å²) >= 11 is 1.60. The number of carbonyl (C=O) groups is 2. The first-order valence-electron chi connectivity index (χ1n) is 15.7. The van der Waals surface area contributed by atoms with E-state index in [-0.39, 0.29) is 40.9 Å². The number of ether oxygens (including phenoxy) is 3. The van der Waals surface area contributed by atoms with Gasteiger partial charge in [0.05, 0.1) is 43.8 Å². The minimum absolute atomic E-state index is 0.0172. The summed E-state index contributed by atoms with van der Waals surface area (Å²) in [6, 6.07) is 6.00. The van der Waals surface area contributed by atoms with E-state index in [0.717, 1.165) is 33.7 Å². The Morgan fingerprint density at radius 1 is 1.09 bits per heavy atom. The fourth-order valence-electron chi connectivity index (χ4n) is 5.42. The van der Waals surface area contributed by atoms with E-state index < -0.39 is 19.9 Å². The first kappa shape index (κ1) is 33.2. The highest BCUT2D eigenvalue weighted by atomic mass is 32.1. The van der Waals surface area contributed by atoms with Crippen LogP contribution >= 0.6 is 11.3 Å². The summed E-state index contributed by atoms with van der Waals surface area (Å²) in [7, 11) is -0.600. The van der Waals surface area contributed by atoms with Gasteiger partial charge in [-0.05, 0) is 82.4 Å². The minimum Gasteiger partial charge on any atom is -0.494 e. The molecule has 0 radical (unpaired) electrons. The summed E-state index contributed by atoms with van der Waals surface area (Å²) < 4.78 is 26.0. The molecule has 1 unspecified atom stereocenters. The number of fused-ring (bicyclic) bond motifs is 2. The molecule has 0 N–H and O–H groups in total. The van der Waals surface area contributed by atoms with Gasteiger partial charge >= 0.3 is 12.1 Å². The molecule has 2 aromatic heterocycles. The van der Waals surface area contributed by atoms with Crippen molar-refractivity contribution in [3.8, 4) is 16.2 Å². The number of thiophene rings is 1. The number of esters is 1. The molecule has 11 heteroatoms. The molecule has 9 nitrogen and oxygen atoms in total. The summed E-state index contributed by atoms with van der Waals surface area (Å²) in [6.07, 6.45) is 2.87. The Kier molecular flexibility index (Phi) is 8.78. The van der Waals surface area contributed by atoms with Gasteiger partial charge < -0.3 is 28.1 Å². The molecule has 45 heavy (non-hydrogen) atoms. The Bertz CT molecular complexity index is 1690. The molecule has 3 aromatic rings. The molecule has 0 saturated heterocycles. The van der Waals surface area contributed by atoms with Crippen molar-refractivity contribution in [2.75, 3.05) is 20.3 Å². The van der Waals surface area contributed by atoms with E-state index in [9.17, 15) is 14.4 Å². The third-order valence-corrected chi connectivity index (χ3v) is 14.5. The molecule has 1 amide bonds. The van der Waals surface area contributed by atoms with E-state index in [1.54, 1.807) is 42.5 Å². The molecule has 3 heterocycles. The highest BCUT2D eigenvalue weighted by molar-refractivity contribution is 7.15.